The van der Waals surface area contributed by atoms with Crippen LogP contribution in [0, 0.1) is 0 Å². The maximum atomic E-state index is 13.3. The van der Waals surface area contributed by atoms with Crippen LogP contribution in [0.2, 0.25) is 0 Å². The average Bonchev–Trinajstić information content (AvgIpc) is 3.50. The van der Waals surface area contributed by atoms with E-state index in [2.05, 4.69) is 15.0 Å². The summed E-state index contributed by atoms with van der Waals surface area (Å²) < 4.78 is 46.7. The molecule has 0 aliphatic carbocycles. The van der Waals surface area contributed by atoms with E-state index in [1.165, 1.54) is 18.3 Å². The van der Waals surface area contributed by atoms with Crippen LogP contribution in [0.15, 0.2) is 75.0 Å². The number of benzene rings is 2. The van der Waals surface area contributed by atoms with Crippen LogP contribution >= 0.6 is 0 Å². The molecule has 1 aliphatic heterocycles. The quantitative estimate of drug-likeness (QED) is 0.402. The Kier molecular flexibility index (Phi) is 5.24. The van der Waals surface area contributed by atoms with E-state index in [4.69, 9.17) is 4.42 Å². The minimum atomic E-state index is -4.53. The number of hydrogen-bond acceptors (Lipinski definition) is 5. The number of furan rings is 1. The zero-order valence-electron chi connectivity index (χ0n) is 17.4. The molecule has 0 amide bonds. The highest BCUT2D eigenvalue weighted by atomic mass is 19.4. The molecule has 0 radical (unpaired) electrons. The molecule has 0 N–H and O–H groups in total. The first-order valence-corrected chi connectivity index (χ1v) is 10.5. The summed E-state index contributed by atoms with van der Waals surface area (Å²) in [5.74, 6) is 1.15. The number of hydrogen-bond donors (Lipinski definition) is 0. The SMILES string of the molecule is O=c1c2ccccc2nc(-c2cccc(C(F)(F)F)c2)n1N=Cc1ccc(N2CCCC2)o1. The van der Waals surface area contributed by atoms with Crippen molar-refractivity contribution < 1.29 is 17.6 Å². The maximum Gasteiger partial charge on any atom is 0.416 e. The van der Waals surface area contributed by atoms with Crippen molar-refractivity contribution in [1.82, 2.24) is 9.66 Å². The highest BCUT2D eigenvalue weighted by Crippen LogP contribution is 2.32. The lowest BCUT2D eigenvalue weighted by molar-refractivity contribution is -0.137. The lowest BCUT2D eigenvalue weighted by Crippen LogP contribution is -2.20. The Morgan fingerprint density at radius 1 is 1.00 bits per heavy atom. The van der Waals surface area contributed by atoms with Crippen LogP contribution in [-0.4, -0.2) is 29.0 Å². The Labute approximate surface area is 186 Å². The van der Waals surface area contributed by atoms with Gasteiger partial charge in [0.25, 0.3) is 5.56 Å². The predicted octanol–water partition coefficient (Wildman–Crippen LogP) is 5.16. The number of anilines is 1. The summed E-state index contributed by atoms with van der Waals surface area (Å²) in [6, 6.07) is 14.9. The fourth-order valence-corrected chi connectivity index (χ4v) is 3.89. The lowest BCUT2D eigenvalue weighted by atomic mass is 10.1. The van der Waals surface area contributed by atoms with E-state index >= 15 is 0 Å². The second-order valence-corrected chi connectivity index (χ2v) is 7.76. The van der Waals surface area contributed by atoms with Crippen molar-refractivity contribution in [3.05, 3.63) is 82.3 Å². The van der Waals surface area contributed by atoms with E-state index in [0.717, 1.165) is 48.6 Å². The van der Waals surface area contributed by atoms with E-state index in [9.17, 15) is 18.0 Å². The second kappa shape index (κ2) is 8.23. The van der Waals surface area contributed by atoms with Crippen molar-refractivity contribution in [2.75, 3.05) is 18.0 Å². The molecule has 33 heavy (non-hydrogen) atoms. The summed E-state index contributed by atoms with van der Waals surface area (Å²) in [7, 11) is 0. The topological polar surface area (TPSA) is 63.6 Å². The standard InChI is InChI=1S/C24H19F3N4O2/c25-24(26,27)17-7-5-6-16(14-17)22-29-20-9-2-1-8-19(20)23(32)31(22)28-15-18-10-11-21(33-18)30-12-3-4-13-30/h1-2,5-11,14-15H,3-4,12-13H2. The monoisotopic (exact) mass is 452 g/mol. The molecular formula is C24H19F3N4O2. The van der Waals surface area contributed by atoms with E-state index in [1.807, 2.05) is 6.07 Å². The molecule has 6 nitrogen and oxygen atoms in total. The molecule has 2 aromatic carbocycles. The molecule has 1 fully saturated rings. The van der Waals surface area contributed by atoms with Gasteiger partial charge in [0.05, 0.1) is 22.7 Å². The number of aromatic nitrogens is 2. The molecule has 1 aliphatic rings. The summed E-state index contributed by atoms with van der Waals surface area (Å²) in [4.78, 5) is 19.8. The fourth-order valence-electron chi connectivity index (χ4n) is 3.89. The van der Waals surface area contributed by atoms with Crippen LogP contribution in [0.5, 0.6) is 0 Å². The third-order valence-electron chi connectivity index (χ3n) is 5.53. The molecule has 4 aromatic rings. The number of para-hydroxylation sites is 1. The Morgan fingerprint density at radius 3 is 2.58 bits per heavy atom. The summed E-state index contributed by atoms with van der Waals surface area (Å²) in [5.41, 5.74) is -0.826. The van der Waals surface area contributed by atoms with E-state index in [1.54, 1.807) is 30.3 Å². The van der Waals surface area contributed by atoms with Gasteiger partial charge in [0.2, 0.25) is 0 Å². The van der Waals surface area contributed by atoms with Gasteiger partial charge in [-0.1, -0.05) is 24.3 Å². The molecule has 5 rings (SSSR count). The van der Waals surface area contributed by atoms with Gasteiger partial charge in [-0.15, -0.1) is 0 Å². The first kappa shape index (κ1) is 21.0. The lowest BCUT2D eigenvalue weighted by Gasteiger charge is -2.12. The van der Waals surface area contributed by atoms with E-state index < -0.39 is 17.3 Å². The normalized spacial score (nSPS) is 14.6. The molecule has 0 bridgehead atoms. The Bertz CT molecular complexity index is 1400. The molecule has 2 aromatic heterocycles. The highest BCUT2D eigenvalue weighted by molar-refractivity contribution is 5.81. The number of nitrogens with zero attached hydrogens (tertiary/aromatic N) is 4. The Hall–Kier alpha value is -3.88. The Balaban J connectivity index is 1.61. The summed E-state index contributed by atoms with van der Waals surface area (Å²) >= 11 is 0. The molecule has 0 unspecified atom stereocenters. The van der Waals surface area contributed by atoms with Gasteiger partial charge in [0, 0.05) is 24.7 Å². The van der Waals surface area contributed by atoms with Crippen molar-refractivity contribution in [1.29, 1.82) is 0 Å². The molecule has 168 valence electrons. The molecule has 1 saturated heterocycles. The molecule has 9 heteroatoms. The molecule has 0 saturated carbocycles. The van der Waals surface area contributed by atoms with Crippen molar-refractivity contribution >= 4 is 23.0 Å². The van der Waals surface area contributed by atoms with Gasteiger partial charge in [-0.3, -0.25) is 4.79 Å². The van der Waals surface area contributed by atoms with Crippen LogP contribution in [0.4, 0.5) is 19.1 Å². The first-order valence-electron chi connectivity index (χ1n) is 10.5. The van der Waals surface area contributed by atoms with Crippen LogP contribution in [0.25, 0.3) is 22.3 Å². The smallest absolute Gasteiger partial charge is 0.416 e. The van der Waals surface area contributed by atoms with Gasteiger partial charge >= 0.3 is 6.18 Å². The minimum Gasteiger partial charge on any atom is -0.440 e. The Morgan fingerprint density at radius 2 is 1.79 bits per heavy atom. The van der Waals surface area contributed by atoms with Gasteiger partial charge in [-0.05, 0) is 43.2 Å². The van der Waals surface area contributed by atoms with Gasteiger partial charge in [0.1, 0.15) is 5.76 Å². The maximum absolute atomic E-state index is 13.3. The summed E-state index contributed by atoms with van der Waals surface area (Å²) in [6.45, 7) is 1.83. The number of alkyl halides is 3. The van der Waals surface area contributed by atoms with E-state index in [0.29, 0.717) is 16.7 Å². The number of fused-ring (bicyclic) bond motifs is 1. The zero-order chi connectivity index (χ0) is 23.0. The van der Waals surface area contributed by atoms with Gasteiger partial charge in [0.15, 0.2) is 11.7 Å². The second-order valence-electron chi connectivity index (χ2n) is 7.76. The molecule has 3 heterocycles. The van der Waals surface area contributed by atoms with Crippen molar-refractivity contribution in [3.63, 3.8) is 0 Å². The number of rotatable bonds is 4. The van der Waals surface area contributed by atoms with Crippen LogP contribution in [0.3, 0.4) is 0 Å². The molecular weight excluding hydrogens is 433 g/mol. The van der Waals surface area contributed by atoms with E-state index in [-0.39, 0.29) is 11.4 Å². The largest absolute Gasteiger partial charge is 0.440 e. The third kappa shape index (κ3) is 4.13. The van der Waals surface area contributed by atoms with Crippen molar-refractivity contribution in [2.45, 2.75) is 19.0 Å². The average molecular weight is 452 g/mol. The summed E-state index contributed by atoms with van der Waals surface area (Å²) in [5, 5.41) is 4.57. The minimum absolute atomic E-state index is 0.00683. The van der Waals surface area contributed by atoms with Crippen molar-refractivity contribution in [3.8, 4) is 11.4 Å². The van der Waals surface area contributed by atoms with Crippen LogP contribution in [0.1, 0.15) is 24.2 Å². The van der Waals surface area contributed by atoms with Crippen molar-refractivity contribution in [2.24, 2.45) is 5.10 Å². The highest BCUT2D eigenvalue weighted by Gasteiger charge is 2.31. The molecule has 0 spiro atoms. The number of halogens is 3. The fraction of sp³-hybridized carbons (Fsp3) is 0.208. The van der Waals surface area contributed by atoms with Gasteiger partial charge in [-0.25, -0.2) is 4.98 Å². The van der Waals surface area contributed by atoms with Crippen LogP contribution in [-0.2, 0) is 6.18 Å². The van der Waals surface area contributed by atoms with Gasteiger partial charge in [-0.2, -0.15) is 22.9 Å². The first-order chi connectivity index (χ1) is 15.9. The zero-order valence-corrected chi connectivity index (χ0v) is 17.4. The summed E-state index contributed by atoms with van der Waals surface area (Å²) in [6.07, 6.45) is -0.957. The van der Waals surface area contributed by atoms with Gasteiger partial charge < -0.3 is 9.32 Å². The van der Waals surface area contributed by atoms with Crippen LogP contribution < -0.4 is 10.5 Å². The molecule has 0 atom stereocenters. The predicted molar refractivity (Wildman–Crippen MR) is 120 cm³/mol. The third-order valence-corrected chi connectivity index (χ3v) is 5.53.